The van der Waals surface area contributed by atoms with Gasteiger partial charge >= 0.3 is 0 Å². The lowest BCUT2D eigenvalue weighted by molar-refractivity contribution is 0.0684. The number of amides is 1. The predicted molar refractivity (Wildman–Crippen MR) is 97.2 cm³/mol. The number of fused-ring (bicyclic) bond motifs is 2. The molecule has 4 heteroatoms. The highest BCUT2D eigenvalue weighted by molar-refractivity contribution is 6.02. The van der Waals surface area contributed by atoms with Crippen molar-refractivity contribution in [2.75, 3.05) is 11.9 Å². The van der Waals surface area contributed by atoms with E-state index >= 15 is 0 Å². The number of carbonyl (C=O) groups is 1. The molecule has 2 N–H and O–H groups in total. The maximum absolute atomic E-state index is 13.0. The SMILES string of the molecule is CCCN1C(=O)c2ccccc2N[C@H]1c1c(C)[nH]c2ccccc12. The number of para-hydroxylation sites is 2. The van der Waals surface area contributed by atoms with Gasteiger partial charge in [-0.05, 0) is 31.5 Å². The lowest BCUT2D eigenvalue weighted by atomic mass is 10.0. The fourth-order valence-corrected chi connectivity index (χ4v) is 3.64. The summed E-state index contributed by atoms with van der Waals surface area (Å²) in [5.41, 5.74) is 5.02. The van der Waals surface area contributed by atoms with Gasteiger partial charge in [0.1, 0.15) is 6.17 Å². The monoisotopic (exact) mass is 319 g/mol. The molecular formula is C20H21N3O. The minimum absolute atomic E-state index is 0.0980. The second-order valence-corrected chi connectivity index (χ2v) is 6.30. The summed E-state index contributed by atoms with van der Waals surface area (Å²) in [5.74, 6) is 0.0980. The van der Waals surface area contributed by atoms with Gasteiger partial charge in [0, 0.05) is 34.4 Å². The van der Waals surface area contributed by atoms with Crippen molar-refractivity contribution in [1.29, 1.82) is 0 Å². The third-order valence-electron chi connectivity index (χ3n) is 4.70. The Hall–Kier alpha value is -2.75. The van der Waals surface area contributed by atoms with Crippen LogP contribution >= 0.6 is 0 Å². The Morgan fingerprint density at radius 3 is 2.67 bits per heavy atom. The molecule has 4 rings (SSSR count). The van der Waals surface area contributed by atoms with Crippen molar-refractivity contribution in [1.82, 2.24) is 9.88 Å². The van der Waals surface area contributed by atoms with Gasteiger partial charge in [-0.3, -0.25) is 4.79 Å². The van der Waals surface area contributed by atoms with Crippen LogP contribution in [0.4, 0.5) is 5.69 Å². The van der Waals surface area contributed by atoms with Gasteiger partial charge in [0.2, 0.25) is 0 Å². The molecule has 0 spiro atoms. The van der Waals surface area contributed by atoms with Crippen LogP contribution in [0.5, 0.6) is 0 Å². The highest BCUT2D eigenvalue weighted by atomic mass is 16.2. The van der Waals surface area contributed by atoms with Crippen LogP contribution in [-0.4, -0.2) is 22.3 Å². The molecule has 0 saturated heterocycles. The van der Waals surface area contributed by atoms with Crippen molar-refractivity contribution in [2.24, 2.45) is 0 Å². The van der Waals surface area contributed by atoms with Crippen molar-refractivity contribution in [3.8, 4) is 0 Å². The van der Waals surface area contributed by atoms with Crippen molar-refractivity contribution >= 4 is 22.5 Å². The average molecular weight is 319 g/mol. The number of nitrogens with one attached hydrogen (secondary N) is 2. The third kappa shape index (κ3) is 2.18. The van der Waals surface area contributed by atoms with E-state index in [1.54, 1.807) is 0 Å². The molecule has 2 heterocycles. The number of hydrogen-bond donors (Lipinski definition) is 2. The van der Waals surface area contributed by atoms with E-state index in [4.69, 9.17) is 0 Å². The molecular weight excluding hydrogens is 298 g/mol. The molecule has 1 aromatic heterocycles. The predicted octanol–water partition coefficient (Wildman–Crippen LogP) is 4.45. The Bertz CT molecular complexity index is 912. The third-order valence-corrected chi connectivity index (χ3v) is 4.70. The lowest BCUT2D eigenvalue weighted by Crippen LogP contribution is -2.43. The van der Waals surface area contributed by atoms with Crippen LogP contribution < -0.4 is 5.32 Å². The van der Waals surface area contributed by atoms with Gasteiger partial charge in [0.25, 0.3) is 5.91 Å². The largest absolute Gasteiger partial charge is 0.361 e. The summed E-state index contributed by atoms with van der Waals surface area (Å²) in [5, 5.41) is 4.75. The van der Waals surface area contributed by atoms with Crippen molar-refractivity contribution in [2.45, 2.75) is 26.4 Å². The highest BCUT2D eigenvalue weighted by Crippen LogP contribution is 2.37. The zero-order valence-electron chi connectivity index (χ0n) is 14.0. The molecule has 1 aliphatic heterocycles. The maximum atomic E-state index is 13.0. The molecule has 3 aromatic rings. The number of aryl methyl sites for hydroxylation is 1. The van der Waals surface area contributed by atoms with Crippen LogP contribution in [0.2, 0.25) is 0 Å². The Morgan fingerprint density at radius 2 is 1.83 bits per heavy atom. The van der Waals surface area contributed by atoms with Gasteiger partial charge in [-0.15, -0.1) is 0 Å². The first-order valence-corrected chi connectivity index (χ1v) is 8.44. The second-order valence-electron chi connectivity index (χ2n) is 6.30. The van der Waals surface area contributed by atoms with Crippen molar-refractivity contribution in [3.05, 3.63) is 65.4 Å². The van der Waals surface area contributed by atoms with E-state index in [0.717, 1.165) is 41.0 Å². The summed E-state index contributed by atoms with van der Waals surface area (Å²) in [6.07, 6.45) is 0.775. The number of benzene rings is 2. The summed E-state index contributed by atoms with van der Waals surface area (Å²) in [6.45, 7) is 4.91. The minimum Gasteiger partial charge on any atom is -0.361 e. The van der Waals surface area contributed by atoms with E-state index in [-0.39, 0.29) is 12.1 Å². The van der Waals surface area contributed by atoms with E-state index in [0.29, 0.717) is 0 Å². The fourth-order valence-electron chi connectivity index (χ4n) is 3.64. The summed E-state index contributed by atoms with van der Waals surface area (Å²) in [4.78, 5) is 18.4. The molecule has 4 nitrogen and oxygen atoms in total. The summed E-state index contributed by atoms with van der Waals surface area (Å²) >= 11 is 0. The molecule has 122 valence electrons. The molecule has 0 saturated carbocycles. The number of nitrogens with zero attached hydrogens (tertiary/aromatic N) is 1. The first kappa shape index (κ1) is 14.8. The van der Waals surface area contributed by atoms with Gasteiger partial charge in [-0.25, -0.2) is 0 Å². The Kier molecular flexibility index (Phi) is 3.53. The molecule has 24 heavy (non-hydrogen) atoms. The molecule has 0 aliphatic carbocycles. The molecule has 0 radical (unpaired) electrons. The number of anilines is 1. The van der Waals surface area contributed by atoms with E-state index in [1.807, 2.05) is 41.3 Å². The number of rotatable bonds is 3. The topological polar surface area (TPSA) is 48.1 Å². The van der Waals surface area contributed by atoms with Crippen LogP contribution in [0.3, 0.4) is 0 Å². The lowest BCUT2D eigenvalue weighted by Gasteiger charge is -2.38. The first-order chi connectivity index (χ1) is 11.7. The Balaban J connectivity index is 1.89. The van der Waals surface area contributed by atoms with Gasteiger partial charge < -0.3 is 15.2 Å². The van der Waals surface area contributed by atoms with E-state index in [9.17, 15) is 4.79 Å². The van der Waals surface area contributed by atoms with Crippen LogP contribution in [0.1, 0.15) is 41.1 Å². The molecule has 0 unspecified atom stereocenters. The number of hydrogen-bond acceptors (Lipinski definition) is 2. The molecule has 0 fully saturated rings. The quantitative estimate of drug-likeness (QED) is 0.749. The number of H-pyrrole nitrogens is 1. The molecule has 1 amide bonds. The number of aromatic amines is 1. The van der Waals surface area contributed by atoms with Crippen molar-refractivity contribution in [3.63, 3.8) is 0 Å². The Morgan fingerprint density at radius 1 is 1.08 bits per heavy atom. The van der Waals surface area contributed by atoms with Gasteiger partial charge in [0.15, 0.2) is 0 Å². The fraction of sp³-hybridized carbons (Fsp3) is 0.250. The first-order valence-electron chi connectivity index (χ1n) is 8.44. The normalized spacial score (nSPS) is 17.0. The summed E-state index contributed by atoms with van der Waals surface area (Å²) in [7, 11) is 0. The van der Waals surface area contributed by atoms with Crippen molar-refractivity contribution < 1.29 is 4.79 Å². The van der Waals surface area contributed by atoms with E-state index in [2.05, 4.69) is 36.3 Å². The molecule has 2 aromatic carbocycles. The van der Waals surface area contributed by atoms with Gasteiger partial charge in [0.05, 0.1) is 5.56 Å². The Labute approximate surface area is 141 Å². The number of aromatic nitrogens is 1. The molecule has 1 aliphatic rings. The van der Waals surface area contributed by atoms with E-state index in [1.165, 1.54) is 5.39 Å². The molecule has 1 atom stereocenters. The zero-order chi connectivity index (χ0) is 16.7. The maximum Gasteiger partial charge on any atom is 0.257 e. The smallest absolute Gasteiger partial charge is 0.257 e. The van der Waals surface area contributed by atoms with Crippen LogP contribution in [0, 0.1) is 6.92 Å². The summed E-state index contributed by atoms with van der Waals surface area (Å²) < 4.78 is 0. The zero-order valence-corrected chi connectivity index (χ0v) is 14.0. The summed E-state index contributed by atoms with van der Waals surface area (Å²) in [6, 6.07) is 16.0. The van der Waals surface area contributed by atoms with Crippen LogP contribution in [0.25, 0.3) is 10.9 Å². The van der Waals surface area contributed by atoms with Crippen LogP contribution in [-0.2, 0) is 0 Å². The standard InChI is InChI=1S/C20H21N3O/c1-3-12-23-19(22-17-11-7-5-9-15(17)20(23)24)18-13(2)21-16-10-6-4-8-14(16)18/h4-11,19,21-22H,3,12H2,1-2H3/t19-/m1/s1. The van der Waals surface area contributed by atoms with Gasteiger partial charge in [-0.1, -0.05) is 37.3 Å². The van der Waals surface area contributed by atoms with Gasteiger partial charge in [-0.2, -0.15) is 0 Å². The number of carbonyl (C=O) groups excluding carboxylic acids is 1. The highest BCUT2D eigenvalue weighted by Gasteiger charge is 2.34. The average Bonchev–Trinajstić information content (AvgIpc) is 2.93. The minimum atomic E-state index is -0.150. The van der Waals surface area contributed by atoms with Crippen LogP contribution in [0.15, 0.2) is 48.5 Å². The second kappa shape index (κ2) is 5.71. The molecule has 0 bridgehead atoms. The van der Waals surface area contributed by atoms with E-state index < -0.39 is 0 Å².